The number of halogens is 1. The maximum atomic E-state index is 12.1. The summed E-state index contributed by atoms with van der Waals surface area (Å²) in [5.41, 5.74) is 0.873. The Morgan fingerprint density at radius 1 is 1.08 bits per heavy atom. The van der Waals surface area contributed by atoms with E-state index in [0.29, 0.717) is 15.9 Å². The molecule has 1 heterocycles. The van der Waals surface area contributed by atoms with E-state index in [1.807, 2.05) is 24.3 Å². The molecule has 4 rings (SSSR count). The van der Waals surface area contributed by atoms with Gasteiger partial charge in [-0.05, 0) is 35.7 Å². The standard InChI is InChI=1S/C19H13ClN2O2S/c20-13-6-8-14(9-7-13)24-11-17(23)22-19-21-16-10-5-12-3-1-2-4-15(12)18(16)25-19/h1-10H,11H2,(H,21,22,23). The molecule has 0 aliphatic heterocycles. The summed E-state index contributed by atoms with van der Waals surface area (Å²) < 4.78 is 6.51. The molecule has 4 aromatic rings. The molecule has 0 saturated heterocycles. The average Bonchev–Trinajstić information content (AvgIpc) is 3.04. The highest BCUT2D eigenvalue weighted by molar-refractivity contribution is 7.23. The lowest BCUT2D eigenvalue weighted by molar-refractivity contribution is -0.118. The van der Waals surface area contributed by atoms with Crippen molar-refractivity contribution in [3.8, 4) is 5.75 Å². The Bertz CT molecular complexity index is 1060. The van der Waals surface area contributed by atoms with Gasteiger partial charge in [-0.3, -0.25) is 10.1 Å². The van der Waals surface area contributed by atoms with Crippen LogP contribution in [0.25, 0.3) is 21.0 Å². The number of thiazole rings is 1. The van der Waals surface area contributed by atoms with Gasteiger partial charge >= 0.3 is 0 Å². The molecule has 1 amide bonds. The minimum absolute atomic E-state index is 0.0850. The monoisotopic (exact) mass is 368 g/mol. The summed E-state index contributed by atoms with van der Waals surface area (Å²) in [7, 11) is 0. The number of hydrogen-bond acceptors (Lipinski definition) is 4. The van der Waals surface area contributed by atoms with Gasteiger partial charge in [0.15, 0.2) is 11.7 Å². The molecule has 0 aliphatic rings. The molecule has 25 heavy (non-hydrogen) atoms. The molecule has 124 valence electrons. The van der Waals surface area contributed by atoms with Crippen molar-refractivity contribution in [3.63, 3.8) is 0 Å². The van der Waals surface area contributed by atoms with Crippen LogP contribution in [0, 0.1) is 0 Å². The fourth-order valence-electron chi connectivity index (χ4n) is 2.54. The van der Waals surface area contributed by atoms with Crippen molar-refractivity contribution in [2.24, 2.45) is 0 Å². The van der Waals surface area contributed by atoms with Gasteiger partial charge in [0, 0.05) is 10.4 Å². The first kappa shape index (κ1) is 15.9. The first-order valence-electron chi connectivity index (χ1n) is 7.65. The van der Waals surface area contributed by atoms with Crippen LogP contribution < -0.4 is 10.1 Å². The molecule has 6 heteroatoms. The fraction of sp³-hybridized carbons (Fsp3) is 0.0526. The molecule has 0 radical (unpaired) electrons. The van der Waals surface area contributed by atoms with Gasteiger partial charge in [-0.2, -0.15) is 0 Å². The van der Waals surface area contributed by atoms with Crippen molar-refractivity contribution >= 4 is 55.0 Å². The topological polar surface area (TPSA) is 51.2 Å². The lowest BCUT2D eigenvalue weighted by atomic mass is 10.1. The van der Waals surface area contributed by atoms with Crippen LogP contribution in [0.4, 0.5) is 5.13 Å². The quantitative estimate of drug-likeness (QED) is 0.544. The highest BCUT2D eigenvalue weighted by atomic mass is 35.5. The third kappa shape index (κ3) is 3.43. The molecule has 0 spiro atoms. The maximum absolute atomic E-state index is 12.1. The third-order valence-electron chi connectivity index (χ3n) is 3.71. The maximum Gasteiger partial charge on any atom is 0.264 e. The van der Waals surface area contributed by atoms with Crippen molar-refractivity contribution in [2.45, 2.75) is 0 Å². The van der Waals surface area contributed by atoms with Gasteiger partial charge in [0.05, 0.1) is 10.2 Å². The molecular formula is C19H13ClN2O2S. The Morgan fingerprint density at radius 2 is 1.88 bits per heavy atom. The van der Waals surface area contributed by atoms with E-state index in [1.54, 1.807) is 24.3 Å². The van der Waals surface area contributed by atoms with Crippen LogP contribution in [0.1, 0.15) is 0 Å². The molecule has 0 unspecified atom stereocenters. The smallest absolute Gasteiger partial charge is 0.264 e. The van der Waals surface area contributed by atoms with Gasteiger partial charge in [0.25, 0.3) is 5.91 Å². The predicted octanol–water partition coefficient (Wildman–Crippen LogP) is 5.12. The van der Waals surface area contributed by atoms with E-state index in [2.05, 4.69) is 22.4 Å². The van der Waals surface area contributed by atoms with E-state index in [0.717, 1.165) is 21.0 Å². The number of anilines is 1. The minimum Gasteiger partial charge on any atom is -0.484 e. The van der Waals surface area contributed by atoms with Gasteiger partial charge in [0.2, 0.25) is 0 Å². The predicted molar refractivity (Wildman–Crippen MR) is 103 cm³/mol. The van der Waals surface area contributed by atoms with Crippen molar-refractivity contribution < 1.29 is 9.53 Å². The number of carbonyl (C=O) groups is 1. The normalized spacial score (nSPS) is 10.9. The van der Waals surface area contributed by atoms with E-state index in [1.165, 1.54) is 11.3 Å². The highest BCUT2D eigenvalue weighted by Gasteiger charge is 2.10. The molecule has 0 fully saturated rings. The number of amides is 1. The number of ether oxygens (including phenoxy) is 1. The van der Waals surface area contributed by atoms with Crippen LogP contribution in [0.5, 0.6) is 5.75 Å². The second-order valence-corrected chi connectivity index (χ2v) is 6.88. The van der Waals surface area contributed by atoms with Gasteiger partial charge in [-0.1, -0.05) is 53.3 Å². The van der Waals surface area contributed by atoms with E-state index in [4.69, 9.17) is 16.3 Å². The highest BCUT2D eigenvalue weighted by Crippen LogP contribution is 2.32. The van der Waals surface area contributed by atoms with E-state index < -0.39 is 0 Å². The summed E-state index contributed by atoms with van der Waals surface area (Å²) >= 11 is 7.28. The van der Waals surface area contributed by atoms with Gasteiger partial charge < -0.3 is 4.74 Å². The summed E-state index contributed by atoms with van der Waals surface area (Å²) in [6, 6.07) is 19.0. The lowest BCUT2D eigenvalue weighted by Crippen LogP contribution is -2.19. The van der Waals surface area contributed by atoms with Crippen molar-refractivity contribution in [3.05, 3.63) is 65.7 Å². The lowest BCUT2D eigenvalue weighted by Gasteiger charge is -2.05. The number of rotatable bonds is 4. The average molecular weight is 369 g/mol. The Labute approximate surface area is 153 Å². The molecule has 0 aliphatic carbocycles. The molecule has 3 aromatic carbocycles. The fourth-order valence-corrected chi connectivity index (χ4v) is 3.69. The van der Waals surface area contributed by atoms with Crippen LogP contribution >= 0.6 is 22.9 Å². The van der Waals surface area contributed by atoms with Crippen LogP contribution in [0.3, 0.4) is 0 Å². The molecule has 0 bridgehead atoms. The largest absolute Gasteiger partial charge is 0.484 e. The van der Waals surface area contributed by atoms with Crippen molar-refractivity contribution in [1.29, 1.82) is 0 Å². The van der Waals surface area contributed by atoms with Crippen molar-refractivity contribution in [1.82, 2.24) is 4.98 Å². The Balaban J connectivity index is 1.49. The Hall–Kier alpha value is -2.63. The van der Waals surface area contributed by atoms with E-state index in [9.17, 15) is 4.79 Å². The number of benzene rings is 3. The molecule has 0 saturated carbocycles. The van der Waals surface area contributed by atoms with Gasteiger partial charge in [-0.25, -0.2) is 4.98 Å². The summed E-state index contributed by atoms with van der Waals surface area (Å²) in [6.45, 7) is -0.0850. The summed E-state index contributed by atoms with van der Waals surface area (Å²) in [5.74, 6) is 0.341. The first-order valence-corrected chi connectivity index (χ1v) is 8.85. The zero-order chi connectivity index (χ0) is 17.2. The number of fused-ring (bicyclic) bond motifs is 3. The molecule has 1 N–H and O–H groups in total. The van der Waals surface area contributed by atoms with Gasteiger partial charge in [-0.15, -0.1) is 0 Å². The third-order valence-corrected chi connectivity index (χ3v) is 4.98. The van der Waals surface area contributed by atoms with E-state index >= 15 is 0 Å². The van der Waals surface area contributed by atoms with Crippen LogP contribution in [-0.2, 0) is 4.79 Å². The zero-order valence-corrected chi connectivity index (χ0v) is 14.6. The minimum atomic E-state index is -0.252. The van der Waals surface area contributed by atoms with Crippen LogP contribution in [0.2, 0.25) is 5.02 Å². The summed E-state index contributed by atoms with van der Waals surface area (Å²) in [5, 5.41) is 6.27. The van der Waals surface area contributed by atoms with Crippen LogP contribution in [-0.4, -0.2) is 17.5 Å². The number of nitrogens with zero attached hydrogens (tertiary/aromatic N) is 1. The second-order valence-electron chi connectivity index (χ2n) is 5.44. The van der Waals surface area contributed by atoms with E-state index in [-0.39, 0.29) is 12.5 Å². The summed E-state index contributed by atoms with van der Waals surface area (Å²) in [6.07, 6.45) is 0. The second kappa shape index (κ2) is 6.70. The SMILES string of the molecule is O=C(COc1ccc(Cl)cc1)Nc1nc2ccc3ccccc3c2s1. The molecule has 1 aromatic heterocycles. The number of carbonyl (C=O) groups excluding carboxylic acids is 1. The zero-order valence-electron chi connectivity index (χ0n) is 13.0. The van der Waals surface area contributed by atoms with Crippen molar-refractivity contribution in [2.75, 3.05) is 11.9 Å². The first-order chi connectivity index (χ1) is 12.2. The molecule has 0 atom stereocenters. The molecular weight excluding hydrogens is 356 g/mol. The Kier molecular flexibility index (Phi) is 4.26. The number of nitrogens with one attached hydrogen (secondary N) is 1. The Morgan fingerprint density at radius 3 is 2.72 bits per heavy atom. The number of aromatic nitrogens is 1. The number of hydrogen-bond donors (Lipinski definition) is 1. The van der Waals surface area contributed by atoms with Crippen LogP contribution in [0.15, 0.2) is 60.7 Å². The van der Waals surface area contributed by atoms with Gasteiger partial charge in [0.1, 0.15) is 5.75 Å². The summed E-state index contributed by atoms with van der Waals surface area (Å²) in [4.78, 5) is 16.6. The molecule has 4 nitrogen and oxygen atoms in total.